The molecule has 0 bridgehead atoms. The quantitative estimate of drug-likeness (QED) is 0.643. The molecule has 1 rings (SSSR count). The molecule has 0 aromatic heterocycles. The van der Waals surface area contributed by atoms with E-state index in [1.54, 1.807) is 0 Å². The zero-order valence-electron chi connectivity index (χ0n) is 13.3. The van der Waals surface area contributed by atoms with Crippen LogP contribution in [0.15, 0.2) is 0 Å². The summed E-state index contributed by atoms with van der Waals surface area (Å²) in [5.41, 5.74) is -0.0705. The normalized spacial score (nSPS) is 22.0. The second-order valence-corrected chi connectivity index (χ2v) is 8.50. The van der Waals surface area contributed by atoms with Gasteiger partial charge in [-0.25, -0.2) is 4.79 Å². The molecule has 0 spiro atoms. The van der Waals surface area contributed by atoms with E-state index in [9.17, 15) is 9.59 Å². The summed E-state index contributed by atoms with van der Waals surface area (Å²) < 4.78 is 0.179. The lowest BCUT2D eigenvalue weighted by Crippen LogP contribution is -2.43. The highest BCUT2D eigenvalue weighted by Crippen LogP contribution is 2.36. The maximum absolute atomic E-state index is 11.8. The van der Waals surface area contributed by atoms with Gasteiger partial charge in [-0.1, -0.05) is 13.8 Å². The Labute approximate surface area is 131 Å². The zero-order valence-corrected chi connectivity index (χ0v) is 14.1. The molecule has 0 radical (unpaired) electrons. The maximum Gasteiger partial charge on any atom is 0.314 e. The molecule has 5 nitrogen and oxygen atoms in total. The summed E-state index contributed by atoms with van der Waals surface area (Å²) in [5.74, 6) is 0.411. The molecule has 0 saturated carbocycles. The predicted molar refractivity (Wildman–Crippen MR) is 86.8 cm³/mol. The Bertz CT molecular complexity index is 366. The molecule has 1 fully saturated rings. The largest absolute Gasteiger partial charge is 0.481 e. The fourth-order valence-corrected chi connectivity index (χ4v) is 3.64. The smallest absolute Gasteiger partial charge is 0.314 e. The zero-order chi connectivity index (χ0) is 15.9. The first-order chi connectivity index (χ1) is 9.72. The van der Waals surface area contributed by atoms with Crippen molar-refractivity contribution < 1.29 is 14.7 Å². The van der Waals surface area contributed by atoms with Crippen molar-refractivity contribution in [3.05, 3.63) is 0 Å². The Morgan fingerprint density at radius 2 is 2.00 bits per heavy atom. The topological polar surface area (TPSA) is 78.4 Å². The number of rotatable bonds is 8. The summed E-state index contributed by atoms with van der Waals surface area (Å²) >= 11 is 1.93. The lowest BCUT2D eigenvalue weighted by atomic mass is 9.84. The third kappa shape index (κ3) is 7.60. The fraction of sp³-hybridized carbons (Fsp3) is 0.867. The summed E-state index contributed by atoms with van der Waals surface area (Å²) in [4.78, 5) is 22.4. The molecule has 1 aliphatic rings. The minimum absolute atomic E-state index is 0.0705. The van der Waals surface area contributed by atoms with E-state index in [1.165, 1.54) is 12.2 Å². The van der Waals surface area contributed by atoms with Crippen molar-refractivity contribution >= 4 is 23.8 Å². The van der Waals surface area contributed by atoms with Gasteiger partial charge < -0.3 is 15.7 Å². The second-order valence-electron chi connectivity index (χ2n) is 6.82. The molecular weight excluding hydrogens is 288 g/mol. The number of nitrogens with one attached hydrogen (secondary N) is 2. The van der Waals surface area contributed by atoms with Crippen molar-refractivity contribution in [3.63, 3.8) is 0 Å². The molecule has 1 unspecified atom stereocenters. The molecule has 1 saturated heterocycles. The van der Waals surface area contributed by atoms with E-state index in [2.05, 4.69) is 17.6 Å². The van der Waals surface area contributed by atoms with Crippen LogP contribution in [0.25, 0.3) is 0 Å². The van der Waals surface area contributed by atoms with Gasteiger partial charge in [0.2, 0.25) is 0 Å². The van der Waals surface area contributed by atoms with Gasteiger partial charge in [0.1, 0.15) is 0 Å². The number of urea groups is 1. The van der Waals surface area contributed by atoms with Gasteiger partial charge in [-0.3, -0.25) is 4.79 Å². The molecule has 122 valence electrons. The first-order valence-corrected chi connectivity index (χ1v) is 8.59. The fourth-order valence-electron chi connectivity index (χ4n) is 2.39. The highest BCUT2D eigenvalue weighted by Gasteiger charge is 2.29. The molecule has 2 amide bonds. The molecule has 0 aliphatic carbocycles. The van der Waals surface area contributed by atoms with E-state index in [1.807, 2.05) is 25.6 Å². The van der Waals surface area contributed by atoms with Crippen LogP contribution in [0.3, 0.4) is 0 Å². The molecule has 21 heavy (non-hydrogen) atoms. The van der Waals surface area contributed by atoms with E-state index >= 15 is 0 Å². The van der Waals surface area contributed by atoms with Gasteiger partial charge in [0, 0.05) is 24.3 Å². The Morgan fingerprint density at radius 1 is 1.29 bits per heavy atom. The number of carboxylic acids is 1. The van der Waals surface area contributed by atoms with Crippen LogP contribution < -0.4 is 10.6 Å². The lowest BCUT2D eigenvalue weighted by Gasteiger charge is -2.25. The van der Waals surface area contributed by atoms with E-state index in [4.69, 9.17) is 5.11 Å². The molecule has 1 heterocycles. The molecule has 1 aliphatic heterocycles. The van der Waals surface area contributed by atoms with Crippen LogP contribution in [-0.4, -0.2) is 40.7 Å². The van der Waals surface area contributed by atoms with Crippen LogP contribution in [0.1, 0.15) is 52.9 Å². The van der Waals surface area contributed by atoms with Crippen LogP contribution in [0.5, 0.6) is 0 Å². The Morgan fingerprint density at radius 3 is 2.57 bits per heavy atom. The lowest BCUT2D eigenvalue weighted by molar-refractivity contribution is -0.137. The van der Waals surface area contributed by atoms with E-state index in [0.29, 0.717) is 19.5 Å². The van der Waals surface area contributed by atoms with E-state index < -0.39 is 5.97 Å². The van der Waals surface area contributed by atoms with E-state index in [0.717, 1.165) is 12.8 Å². The molecular formula is C15H28N2O3S. The second kappa shape index (κ2) is 7.92. The van der Waals surface area contributed by atoms with Crippen LogP contribution >= 0.6 is 11.8 Å². The number of carbonyl (C=O) groups excluding carboxylic acids is 1. The summed E-state index contributed by atoms with van der Waals surface area (Å²) in [5, 5.41) is 14.5. The SMILES string of the molecule is CC(C)(CCNC(=O)NCC1(C)CCCS1)CCC(=O)O. The van der Waals surface area contributed by atoms with Crippen LogP contribution in [0.4, 0.5) is 4.79 Å². The number of carboxylic acid groups (broad SMARTS) is 1. The monoisotopic (exact) mass is 316 g/mol. The van der Waals surface area contributed by atoms with Crippen LogP contribution in [0, 0.1) is 5.41 Å². The number of hydrogen-bond acceptors (Lipinski definition) is 3. The van der Waals surface area contributed by atoms with Crippen molar-refractivity contribution in [1.29, 1.82) is 0 Å². The van der Waals surface area contributed by atoms with Crippen molar-refractivity contribution in [2.75, 3.05) is 18.8 Å². The molecule has 0 aromatic rings. The van der Waals surface area contributed by atoms with Gasteiger partial charge in [0.05, 0.1) is 0 Å². The van der Waals surface area contributed by atoms with Gasteiger partial charge in [-0.15, -0.1) is 0 Å². The van der Waals surface area contributed by atoms with Crippen molar-refractivity contribution in [2.45, 2.75) is 57.6 Å². The predicted octanol–water partition coefficient (Wildman–Crippen LogP) is 2.85. The van der Waals surface area contributed by atoms with Gasteiger partial charge in [-0.05, 0) is 43.8 Å². The minimum atomic E-state index is -0.768. The highest BCUT2D eigenvalue weighted by molar-refractivity contribution is 8.00. The third-order valence-corrected chi connectivity index (χ3v) is 5.56. The average molecular weight is 316 g/mol. The summed E-state index contributed by atoms with van der Waals surface area (Å²) in [7, 11) is 0. The Balaban J connectivity index is 2.16. The van der Waals surface area contributed by atoms with Crippen molar-refractivity contribution in [1.82, 2.24) is 10.6 Å². The molecule has 0 aromatic carbocycles. The number of aliphatic carboxylic acids is 1. The number of amides is 2. The van der Waals surface area contributed by atoms with Gasteiger partial charge in [-0.2, -0.15) is 11.8 Å². The molecule has 3 N–H and O–H groups in total. The number of hydrogen-bond donors (Lipinski definition) is 3. The van der Waals surface area contributed by atoms with Crippen LogP contribution in [0.2, 0.25) is 0 Å². The highest BCUT2D eigenvalue weighted by atomic mass is 32.2. The number of carbonyl (C=O) groups is 2. The Hall–Kier alpha value is -0.910. The minimum Gasteiger partial charge on any atom is -0.481 e. The summed E-state index contributed by atoms with van der Waals surface area (Å²) in [6, 6.07) is -0.127. The average Bonchev–Trinajstić information content (AvgIpc) is 2.82. The standard InChI is InChI=1S/C15H28N2O3S/c1-14(2,7-5-12(18)19)8-9-16-13(20)17-11-15(3)6-4-10-21-15/h4-11H2,1-3H3,(H,18,19)(H2,16,17,20). The Kier molecular flexibility index (Phi) is 6.84. The van der Waals surface area contributed by atoms with Crippen LogP contribution in [-0.2, 0) is 4.79 Å². The number of thioether (sulfide) groups is 1. The molecule has 6 heteroatoms. The maximum atomic E-state index is 11.8. The van der Waals surface area contributed by atoms with Gasteiger partial charge in [0.25, 0.3) is 0 Å². The summed E-state index contributed by atoms with van der Waals surface area (Å²) in [6.45, 7) is 7.53. The first kappa shape index (κ1) is 18.1. The van der Waals surface area contributed by atoms with Gasteiger partial charge in [0.15, 0.2) is 0 Å². The third-order valence-electron chi connectivity index (χ3n) is 4.03. The first-order valence-electron chi connectivity index (χ1n) is 7.60. The molecule has 1 atom stereocenters. The van der Waals surface area contributed by atoms with Crippen molar-refractivity contribution in [3.8, 4) is 0 Å². The van der Waals surface area contributed by atoms with E-state index in [-0.39, 0.29) is 22.6 Å². The van der Waals surface area contributed by atoms with Gasteiger partial charge >= 0.3 is 12.0 Å². The van der Waals surface area contributed by atoms with Crippen molar-refractivity contribution in [2.24, 2.45) is 5.41 Å². The summed E-state index contributed by atoms with van der Waals surface area (Å²) in [6.07, 6.45) is 3.96.